The summed E-state index contributed by atoms with van der Waals surface area (Å²) in [7, 11) is 0. The number of carbonyl (C=O) groups excluding carboxylic acids is 1. The smallest absolute Gasteiger partial charge is 0.387 e. The molecule has 1 heterocycles. The first-order valence-electron chi connectivity index (χ1n) is 9.87. The Bertz CT molecular complexity index is 1040. The van der Waals surface area contributed by atoms with Crippen molar-refractivity contribution in [3.63, 3.8) is 0 Å². The molecular formula is C23H23F2N3O4. The van der Waals surface area contributed by atoms with Gasteiger partial charge in [0.2, 0.25) is 5.91 Å². The third-order valence-electron chi connectivity index (χ3n) is 5.09. The number of rotatable bonds is 5. The molecular weight excluding hydrogens is 420 g/mol. The molecule has 168 valence electrons. The molecule has 0 saturated heterocycles. The number of nitrogens with zero attached hydrogens (tertiary/aromatic N) is 1. The Morgan fingerprint density at radius 3 is 2.75 bits per heavy atom. The first kappa shape index (κ1) is 23.2. The number of guanidine groups is 1. The van der Waals surface area contributed by atoms with Gasteiger partial charge in [-0.2, -0.15) is 8.78 Å². The second-order valence-corrected chi connectivity index (χ2v) is 7.18. The number of amides is 1. The molecule has 2 aliphatic carbocycles. The second kappa shape index (κ2) is 10.2. The molecule has 3 aliphatic rings. The average molecular weight is 443 g/mol. The summed E-state index contributed by atoms with van der Waals surface area (Å²) >= 11 is 0. The van der Waals surface area contributed by atoms with Gasteiger partial charge < -0.3 is 20.7 Å². The number of allylic oxidation sites excluding steroid dienone is 7. The van der Waals surface area contributed by atoms with Gasteiger partial charge in [-0.3, -0.25) is 10.1 Å². The highest BCUT2D eigenvalue weighted by atomic mass is 19.3. The van der Waals surface area contributed by atoms with E-state index in [9.17, 15) is 18.7 Å². The number of ether oxygens (including phenoxy) is 1. The molecule has 7 nitrogen and oxygen atoms in total. The van der Waals surface area contributed by atoms with Gasteiger partial charge in [-0.25, -0.2) is 4.99 Å². The van der Waals surface area contributed by atoms with Crippen LogP contribution in [0.25, 0.3) is 0 Å². The molecule has 9 heteroatoms. The number of carbonyl (C=O) groups is 1. The van der Waals surface area contributed by atoms with E-state index in [4.69, 9.17) is 10.8 Å². The van der Waals surface area contributed by atoms with Crippen LogP contribution in [0.3, 0.4) is 0 Å². The molecule has 5 N–H and O–H groups in total. The molecule has 0 saturated carbocycles. The van der Waals surface area contributed by atoms with Crippen molar-refractivity contribution in [2.45, 2.75) is 37.5 Å². The van der Waals surface area contributed by atoms with Gasteiger partial charge in [-0.15, -0.1) is 0 Å². The van der Waals surface area contributed by atoms with Gasteiger partial charge in [0.25, 0.3) is 0 Å². The van der Waals surface area contributed by atoms with E-state index in [1.807, 2.05) is 6.08 Å². The number of halogens is 2. The van der Waals surface area contributed by atoms with Gasteiger partial charge in [0, 0.05) is 0 Å². The van der Waals surface area contributed by atoms with Crippen LogP contribution >= 0.6 is 0 Å². The number of hydrogen-bond acceptors (Lipinski definition) is 6. The maximum atomic E-state index is 12.6. The quantitative estimate of drug-likeness (QED) is 0.483. The zero-order valence-corrected chi connectivity index (χ0v) is 17.1. The highest BCUT2D eigenvalue weighted by Crippen LogP contribution is 2.41. The lowest BCUT2D eigenvalue weighted by molar-refractivity contribution is -0.120. The summed E-state index contributed by atoms with van der Waals surface area (Å²) in [5.41, 5.74) is 6.51. The number of hydrogen-bond donors (Lipinski definition) is 4. The summed E-state index contributed by atoms with van der Waals surface area (Å²) in [4.78, 5) is 17.1. The Balaban J connectivity index is 2.11. The number of aliphatic hydroxyl groups is 2. The fraction of sp³-hybridized carbons (Fsp3) is 0.304. The van der Waals surface area contributed by atoms with Crippen LogP contribution in [0.1, 0.15) is 19.3 Å². The minimum Gasteiger partial charge on any atom is -0.435 e. The van der Waals surface area contributed by atoms with Crippen molar-refractivity contribution in [3.8, 4) is 11.8 Å². The van der Waals surface area contributed by atoms with E-state index >= 15 is 0 Å². The molecule has 0 aromatic carbocycles. The molecule has 2 atom stereocenters. The zero-order chi connectivity index (χ0) is 23.1. The molecule has 1 aliphatic heterocycles. The van der Waals surface area contributed by atoms with E-state index in [1.54, 1.807) is 30.4 Å². The first-order chi connectivity index (χ1) is 15.3. The molecule has 0 bridgehead atoms. The minimum atomic E-state index is -2.96. The van der Waals surface area contributed by atoms with Gasteiger partial charge in [0.05, 0.1) is 6.42 Å². The number of alkyl halides is 2. The van der Waals surface area contributed by atoms with Gasteiger partial charge in [0.15, 0.2) is 5.96 Å². The Hall–Kier alpha value is -3.48. The van der Waals surface area contributed by atoms with E-state index in [0.29, 0.717) is 29.6 Å². The van der Waals surface area contributed by atoms with Crippen LogP contribution in [0.4, 0.5) is 8.78 Å². The summed E-state index contributed by atoms with van der Waals surface area (Å²) < 4.78 is 29.8. The SMILES string of the molecule is NC1=NC(C2=CC=C(OC(F)F)C=CC2)(C2=CC(C(O)C#CCO)=CC=CC2)CC(=O)N1. The zero-order valence-electron chi connectivity index (χ0n) is 17.1. The molecule has 0 radical (unpaired) electrons. The van der Waals surface area contributed by atoms with E-state index in [1.165, 1.54) is 12.2 Å². The molecule has 0 spiro atoms. The maximum Gasteiger partial charge on any atom is 0.387 e. The van der Waals surface area contributed by atoms with E-state index < -0.39 is 24.9 Å². The van der Waals surface area contributed by atoms with Crippen LogP contribution in [0.2, 0.25) is 0 Å². The summed E-state index contributed by atoms with van der Waals surface area (Å²) in [6.07, 6.45) is 12.6. The van der Waals surface area contributed by atoms with Gasteiger partial charge >= 0.3 is 6.61 Å². The molecule has 0 fully saturated rings. The van der Waals surface area contributed by atoms with Crippen molar-refractivity contribution in [1.82, 2.24) is 5.32 Å². The fourth-order valence-electron chi connectivity index (χ4n) is 3.73. The molecule has 2 unspecified atom stereocenters. The predicted octanol–water partition coefficient (Wildman–Crippen LogP) is 1.74. The lowest BCUT2D eigenvalue weighted by Crippen LogP contribution is -2.50. The molecule has 3 rings (SSSR count). The van der Waals surface area contributed by atoms with Crippen LogP contribution in [0, 0.1) is 11.8 Å². The highest BCUT2D eigenvalue weighted by molar-refractivity contribution is 6.00. The first-order valence-corrected chi connectivity index (χ1v) is 9.87. The Kier molecular flexibility index (Phi) is 7.41. The van der Waals surface area contributed by atoms with Gasteiger partial charge in [-0.1, -0.05) is 48.3 Å². The van der Waals surface area contributed by atoms with Gasteiger partial charge in [-0.05, 0) is 41.7 Å². The third kappa shape index (κ3) is 5.41. The molecule has 32 heavy (non-hydrogen) atoms. The Morgan fingerprint density at radius 1 is 1.25 bits per heavy atom. The van der Waals surface area contributed by atoms with Crippen LogP contribution in [-0.2, 0) is 9.53 Å². The van der Waals surface area contributed by atoms with Crippen molar-refractivity contribution in [2.75, 3.05) is 6.61 Å². The molecule has 1 amide bonds. The van der Waals surface area contributed by atoms with E-state index in [0.717, 1.165) is 0 Å². The Morgan fingerprint density at radius 2 is 2.03 bits per heavy atom. The van der Waals surface area contributed by atoms with Crippen molar-refractivity contribution in [3.05, 3.63) is 71.1 Å². The summed E-state index contributed by atoms with van der Waals surface area (Å²) in [6.45, 7) is -3.36. The average Bonchev–Trinajstić information content (AvgIpc) is 3.12. The van der Waals surface area contributed by atoms with Crippen LogP contribution in [0.5, 0.6) is 0 Å². The normalized spacial score (nSPS) is 23.9. The molecule has 0 aromatic heterocycles. The number of aliphatic hydroxyl groups excluding tert-OH is 2. The summed E-state index contributed by atoms with van der Waals surface area (Å²) in [6, 6.07) is 0. The van der Waals surface area contributed by atoms with Gasteiger partial charge in [0.1, 0.15) is 24.0 Å². The monoisotopic (exact) mass is 443 g/mol. The van der Waals surface area contributed by atoms with E-state index in [2.05, 4.69) is 26.9 Å². The van der Waals surface area contributed by atoms with Crippen LogP contribution in [-0.4, -0.2) is 46.9 Å². The molecule has 0 aromatic rings. The number of aliphatic imine (C=N–C) groups is 1. The largest absolute Gasteiger partial charge is 0.435 e. The van der Waals surface area contributed by atoms with E-state index in [-0.39, 0.29) is 24.0 Å². The third-order valence-corrected chi connectivity index (χ3v) is 5.09. The lowest BCUT2D eigenvalue weighted by atomic mass is 9.75. The predicted molar refractivity (Wildman–Crippen MR) is 115 cm³/mol. The summed E-state index contributed by atoms with van der Waals surface area (Å²) in [5, 5.41) is 21.8. The summed E-state index contributed by atoms with van der Waals surface area (Å²) in [5.74, 6) is 4.53. The number of nitrogens with one attached hydrogen (secondary N) is 1. The van der Waals surface area contributed by atoms with Crippen molar-refractivity contribution in [1.29, 1.82) is 0 Å². The standard InChI is InChI=1S/C23H23F2N3O4/c24-21(25)32-18-8-3-7-16(10-11-18)23(14-20(31)27-22(26)28-23)17-6-2-1-5-15(13-17)19(30)9-4-12-29/h1-3,5,8,10-11,13,19,21,29-30H,6-7,12,14H2,(H3,26,27,28,31). The van der Waals surface area contributed by atoms with Crippen molar-refractivity contribution < 1.29 is 28.5 Å². The van der Waals surface area contributed by atoms with Crippen LogP contribution in [0.15, 0.2) is 76.1 Å². The van der Waals surface area contributed by atoms with Crippen LogP contribution < -0.4 is 11.1 Å². The lowest BCUT2D eigenvalue weighted by Gasteiger charge is -2.37. The highest BCUT2D eigenvalue weighted by Gasteiger charge is 2.42. The van der Waals surface area contributed by atoms with Crippen molar-refractivity contribution in [2.24, 2.45) is 10.7 Å². The minimum absolute atomic E-state index is 0.0209. The topological polar surface area (TPSA) is 117 Å². The number of nitrogens with two attached hydrogens (primary N) is 1. The maximum absolute atomic E-state index is 12.6. The fourth-order valence-corrected chi connectivity index (χ4v) is 3.73. The van der Waals surface area contributed by atoms with Crippen molar-refractivity contribution >= 4 is 11.9 Å². The second-order valence-electron chi connectivity index (χ2n) is 7.18. The Labute approximate surface area is 184 Å².